The van der Waals surface area contributed by atoms with E-state index in [4.69, 9.17) is 4.99 Å². The largest absolute Gasteiger partial charge is 0.377 e. The van der Waals surface area contributed by atoms with E-state index < -0.39 is 0 Å². The molecule has 30 heavy (non-hydrogen) atoms. The van der Waals surface area contributed by atoms with E-state index in [1.54, 1.807) is 0 Å². The van der Waals surface area contributed by atoms with Gasteiger partial charge in [-0.3, -0.25) is 9.98 Å². The summed E-state index contributed by atoms with van der Waals surface area (Å²) >= 11 is 0. The van der Waals surface area contributed by atoms with Crippen LogP contribution in [0.4, 0.5) is 0 Å². The highest BCUT2D eigenvalue weighted by molar-refractivity contribution is 6.04. The molecule has 4 atom stereocenters. The lowest BCUT2D eigenvalue weighted by Gasteiger charge is -2.34. The molecule has 1 aliphatic heterocycles. The Balaban J connectivity index is 1.50. The summed E-state index contributed by atoms with van der Waals surface area (Å²) in [4.78, 5) is 9.51. The van der Waals surface area contributed by atoms with Crippen LogP contribution < -0.4 is 15.8 Å². The van der Waals surface area contributed by atoms with E-state index in [0.29, 0.717) is 17.8 Å². The molecule has 154 valence electrons. The van der Waals surface area contributed by atoms with Gasteiger partial charge >= 0.3 is 0 Å². The third-order valence-electron chi connectivity index (χ3n) is 6.94. The average molecular weight is 398 g/mol. The maximum atomic E-state index is 5.06. The van der Waals surface area contributed by atoms with E-state index in [1.165, 1.54) is 33.0 Å². The summed E-state index contributed by atoms with van der Waals surface area (Å²) < 4.78 is 0. The first kappa shape index (κ1) is 19.3. The molecular formula is C27H31N3. The maximum absolute atomic E-state index is 5.06. The predicted octanol–water partition coefficient (Wildman–Crippen LogP) is 3.92. The van der Waals surface area contributed by atoms with E-state index >= 15 is 0 Å². The third kappa shape index (κ3) is 3.21. The fourth-order valence-electron chi connectivity index (χ4n) is 5.35. The minimum absolute atomic E-state index is 0.00848. The number of fused-ring (bicyclic) bond motifs is 4. The molecule has 0 amide bonds. The highest BCUT2D eigenvalue weighted by atomic mass is 15.1. The Morgan fingerprint density at radius 3 is 2.97 bits per heavy atom. The lowest BCUT2D eigenvalue weighted by Crippen LogP contribution is -2.49. The monoisotopic (exact) mass is 397 g/mol. The van der Waals surface area contributed by atoms with Gasteiger partial charge < -0.3 is 5.32 Å². The second-order valence-electron chi connectivity index (χ2n) is 9.06. The molecule has 0 spiro atoms. The maximum Gasteiger partial charge on any atom is 0.0830 e. The topological polar surface area (TPSA) is 36.8 Å². The van der Waals surface area contributed by atoms with E-state index in [9.17, 15) is 0 Å². The van der Waals surface area contributed by atoms with Gasteiger partial charge in [0.25, 0.3) is 0 Å². The van der Waals surface area contributed by atoms with Crippen LogP contribution >= 0.6 is 0 Å². The molecule has 3 heteroatoms. The third-order valence-corrected chi connectivity index (χ3v) is 6.94. The van der Waals surface area contributed by atoms with Crippen molar-refractivity contribution in [3.05, 3.63) is 70.3 Å². The molecule has 0 radical (unpaired) electrons. The number of benzene rings is 1. The zero-order valence-corrected chi connectivity index (χ0v) is 18.2. The highest BCUT2D eigenvalue weighted by Gasteiger charge is 2.60. The molecule has 1 heterocycles. The van der Waals surface area contributed by atoms with E-state index in [-0.39, 0.29) is 5.54 Å². The van der Waals surface area contributed by atoms with Crippen molar-refractivity contribution in [1.29, 1.82) is 0 Å². The zero-order valence-electron chi connectivity index (χ0n) is 18.2. The van der Waals surface area contributed by atoms with Crippen LogP contribution in [0, 0.1) is 17.8 Å². The highest BCUT2D eigenvalue weighted by Crippen LogP contribution is 2.53. The molecule has 4 unspecified atom stereocenters. The molecule has 1 aromatic rings. The van der Waals surface area contributed by atoms with Crippen molar-refractivity contribution in [2.45, 2.75) is 45.6 Å². The minimum Gasteiger partial charge on any atom is -0.377 e. The number of rotatable bonds is 5. The first-order chi connectivity index (χ1) is 14.6. The van der Waals surface area contributed by atoms with Crippen LogP contribution in [0.2, 0.25) is 0 Å². The standard InChI is InChI=1S/C27H31N3/c1-4-19(16-28-5-2)22-14-21-10-11-23-15-27(23,26(21)29-17-22)30-25-13-18(3)12-20-8-6-7-9-24(20)25/h4,6-12,16-18,21,23,30H,5,13-15H2,1-3H3/b19-4+,28-16?. The number of hydrogen-bond donors (Lipinski definition) is 1. The van der Waals surface area contributed by atoms with Crippen LogP contribution in [0.1, 0.15) is 40.0 Å². The van der Waals surface area contributed by atoms with Gasteiger partial charge in [0.1, 0.15) is 0 Å². The van der Waals surface area contributed by atoms with Crippen molar-refractivity contribution in [3.8, 4) is 0 Å². The molecule has 1 aromatic carbocycles. The van der Waals surface area contributed by atoms with Crippen molar-refractivity contribution >= 4 is 23.7 Å². The fourth-order valence-corrected chi connectivity index (χ4v) is 5.35. The van der Waals surface area contributed by atoms with Crippen LogP contribution in [-0.4, -0.2) is 24.0 Å². The predicted molar refractivity (Wildman–Crippen MR) is 127 cm³/mol. The van der Waals surface area contributed by atoms with Gasteiger partial charge in [-0.2, -0.15) is 0 Å². The van der Waals surface area contributed by atoms with E-state index in [0.717, 1.165) is 25.8 Å². The number of nitrogens with zero attached hydrogens (tertiary/aromatic N) is 2. The average Bonchev–Trinajstić information content (AvgIpc) is 3.48. The Morgan fingerprint density at radius 2 is 2.13 bits per heavy atom. The molecular weight excluding hydrogens is 366 g/mol. The summed E-state index contributed by atoms with van der Waals surface area (Å²) in [5.74, 6) is 1.50. The number of allylic oxidation sites excluding steroid dienone is 4. The molecule has 4 aliphatic rings. The molecule has 1 fully saturated rings. The van der Waals surface area contributed by atoms with Gasteiger partial charge in [0.05, 0.1) is 11.3 Å². The van der Waals surface area contributed by atoms with Crippen LogP contribution in [0.25, 0.3) is 11.8 Å². The number of nitrogens with one attached hydrogen (secondary N) is 1. The van der Waals surface area contributed by atoms with Crippen molar-refractivity contribution in [2.24, 2.45) is 27.7 Å². The van der Waals surface area contributed by atoms with Gasteiger partial charge in [-0.25, -0.2) is 0 Å². The molecule has 0 saturated heterocycles. The van der Waals surface area contributed by atoms with Crippen LogP contribution in [-0.2, 0) is 0 Å². The smallest absolute Gasteiger partial charge is 0.0830 e. The molecule has 3 nitrogen and oxygen atoms in total. The van der Waals surface area contributed by atoms with Crippen LogP contribution in [0.15, 0.2) is 69.8 Å². The van der Waals surface area contributed by atoms with E-state index in [1.807, 2.05) is 6.21 Å². The lowest BCUT2D eigenvalue weighted by molar-refractivity contribution is 0.619. The molecule has 0 aromatic heterocycles. The quantitative estimate of drug-likeness (QED) is 0.593. The Hall–Kier alpha value is -2.68. The summed E-state index contributed by atoms with van der Waals surface area (Å²) in [7, 11) is 0. The molecule has 5 rings (SSSR count). The molecule has 3 aliphatic carbocycles. The van der Waals surface area contributed by atoms with E-state index in [2.05, 4.69) is 85.8 Å². The Kier molecular flexibility index (Phi) is 4.85. The van der Waals surface area contributed by atoms with Crippen molar-refractivity contribution in [1.82, 2.24) is 5.32 Å². The van der Waals surface area contributed by atoms with Gasteiger partial charge in [0, 0.05) is 41.7 Å². The van der Waals surface area contributed by atoms with Crippen LogP contribution in [0.5, 0.6) is 0 Å². The fraction of sp³-hybridized carbons (Fsp3) is 0.407. The zero-order chi connectivity index (χ0) is 20.7. The molecule has 1 saturated carbocycles. The van der Waals surface area contributed by atoms with Gasteiger partial charge in [-0.1, -0.05) is 55.5 Å². The first-order valence-electron chi connectivity index (χ1n) is 11.3. The van der Waals surface area contributed by atoms with Crippen molar-refractivity contribution < 1.29 is 0 Å². The lowest BCUT2D eigenvalue weighted by atomic mass is 9.81. The summed E-state index contributed by atoms with van der Waals surface area (Å²) in [5.41, 5.74) is 5.22. The molecule has 1 N–H and O–H groups in total. The Bertz CT molecular complexity index is 1130. The van der Waals surface area contributed by atoms with Gasteiger partial charge in [0.2, 0.25) is 0 Å². The number of hydrogen-bond acceptors (Lipinski definition) is 3. The SMILES string of the molecule is C/C=C(\C=NCC)C1=CN=C2C(C=CC3CC23NC2=c3ccccc3=CC(C)C2)C1. The summed E-state index contributed by atoms with van der Waals surface area (Å²) in [6.45, 7) is 7.28. The second kappa shape index (κ2) is 7.54. The minimum atomic E-state index is 0.00848. The first-order valence-corrected chi connectivity index (χ1v) is 11.3. The summed E-state index contributed by atoms with van der Waals surface area (Å²) in [6.07, 6.45) is 16.7. The van der Waals surface area contributed by atoms with Gasteiger partial charge in [0.15, 0.2) is 0 Å². The van der Waals surface area contributed by atoms with Gasteiger partial charge in [-0.05, 0) is 55.4 Å². The normalized spacial score (nSPS) is 31.9. The van der Waals surface area contributed by atoms with Crippen LogP contribution in [0.3, 0.4) is 0 Å². The Labute approximate surface area is 179 Å². The second-order valence-corrected chi connectivity index (χ2v) is 9.06. The summed E-state index contributed by atoms with van der Waals surface area (Å²) in [6, 6.07) is 8.79. The Morgan fingerprint density at radius 1 is 1.27 bits per heavy atom. The number of aliphatic imine (C=N–C) groups is 2. The van der Waals surface area contributed by atoms with Crippen molar-refractivity contribution in [3.63, 3.8) is 0 Å². The van der Waals surface area contributed by atoms with Gasteiger partial charge in [-0.15, -0.1) is 0 Å². The summed E-state index contributed by atoms with van der Waals surface area (Å²) in [5, 5.41) is 6.75. The molecule has 0 bridgehead atoms. The van der Waals surface area contributed by atoms with Crippen molar-refractivity contribution in [2.75, 3.05) is 6.54 Å².